The molecule has 0 aliphatic heterocycles. The molecule has 0 radical (unpaired) electrons. The van der Waals surface area contributed by atoms with Gasteiger partial charge in [-0.05, 0) is 31.2 Å². The minimum atomic E-state index is -0.296. The number of halogens is 2. The summed E-state index contributed by atoms with van der Waals surface area (Å²) in [4.78, 5) is 0. The van der Waals surface area contributed by atoms with Crippen LogP contribution in [0, 0.1) is 5.82 Å². The molecule has 5 heteroatoms. The Labute approximate surface area is 117 Å². The van der Waals surface area contributed by atoms with Gasteiger partial charge < -0.3 is 5.32 Å². The maximum atomic E-state index is 13.7. The van der Waals surface area contributed by atoms with Crippen molar-refractivity contribution in [3.63, 3.8) is 0 Å². The largest absolute Gasteiger partial charge is 0.311 e. The predicted octanol–water partition coefficient (Wildman–Crippen LogP) is 3.22. The number of nitrogens with one attached hydrogen (secondary N) is 1. The van der Waals surface area contributed by atoms with Crippen LogP contribution < -0.4 is 5.32 Å². The van der Waals surface area contributed by atoms with Gasteiger partial charge in [-0.2, -0.15) is 5.10 Å². The molecule has 0 saturated heterocycles. The maximum absolute atomic E-state index is 13.7. The van der Waals surface area contributed by atoms with E-state index < -0.39 is 0 Å². The molecule has 0 saturated carbocycles. The lowest BCUT2D eigenvalue weighted by molar-refractivity contribution is 0.560. The van der Waals surface area contributed by atoms with Crippen LogP contribution in [-0.4, -0.2) is 16.3 Å². The summed E-state index contributed by atoms with van der Waals surface area (Å²) in [6, 6.07) is 6.64. The summed E-state index contributed by atoms with van der Waals surface area (Å²) >= 11 is 6.03. The fourth-order valence-electron chi connectivity index (χ4n) is 1.88. The molecule has 0 aliphatic rings. The molecule has 0 atom stereocenters. The molecule has 2 aromatic rings. The zero-order chi connectivity index (χ0) is 13.7. The fraction of sp³-hybridized carbons (Fsp3) is 0.357. The summed E-state index contributed by atoms with van der Waals surface area (Å²) in [5, 5.41) is 7.96. The zero-order valence-corrected chi connectivity index (χ0v) is 11.6. The molecule has 0 bridgehead atoms. The van der Waals surface area contributed by atoms with E-state index in [0.29, 0.717) is 17.1 Å². The molecular weight excluding hydrogens is 265 g/mol. The third-order valence-corrected chi connectivity index (χ3v) is 3.26. The second-order valence-corrected chi connectivity index (χ2v) is 4.76. The summed E-state index contributed by atoms with van der Waals surface area (Å²) in [5.41, 5.74) is 1.50. The number of nitrogens with zero attached hydrogens (tertiary/aromatic N) is 2. The predicted molar refractivity (Wildman–Crippen MR) is 74.7 cm³/mol. The quantitative estimate of drug-likeness (QED) is 0.824. The summed E-state index contributed by atoms with van der Waals surface area (Å²) in [7, 11) is 0. The lowest BCUT2D eigenvalue weighted by Crippen LogP contribution is -2.18. The van der Waals surface area contributed by atoms with Crippen LogP contribution in [0.2, 0.25) is 5.02 Å². The topological polar surface area (TPSA) is 29.9 Å². The first-order valence-corrected chi connectivity index (χ1v) is 6.74. The third-order valence-electron chi connectivity index (χ3n) is 2.91. The van der Waals surface area contributed by atoms with E-state index in [0.717, 1.165) is 25.2 Å². The van der Waals surface area contributed by atoms with Crippen molar-refractivity contribution < 1.29 is 4.39 Å². The van der Waals surface area contributed by atoms with E-state index in [1.165, 1.54) is 6.07 Å². The fourth-order valence-corrected chi connectivity index (χ4v) is 2.10. The van der Waals surface area contributed by atoms with Crippen molar-refractivity contribution in [3.8, 4) is 0 Å². The van der Waals surface area contributed by atoms with Gasteiger partial charge in [-0.3, -0.25) is 4.68 Å². The third kappa shape index (κ3) is 3.55. The Balaban J connectivity index is 2.13. The van der Waals surface area contributed by atoms with Crippen molar-refractivity contribution in [2.45, 2.75) is 26.4 Å². The molecule has 19 heavy (non-hydrogen) atoms. The SMILES string of the molecule is CCCNCc1ccnn1Cc1c(F)cccc1Cl. The lowest BCUT2D eigenvalue weighted by Gasteiger charge is -2.10. The molecule has 1 heterocycles. The van der Waals surface area contributed by atoms with E-state index in [1.807, 2.05) is 6.07 Å². The Morgan fingerprint density at radius 3 is 2.95 bits per heavy atom. The molecule has 102 valence electrons. The molecule has 0 unspecified atom stereocenters. The minimum absolute atomic E-state index is 0.296. The first kappa shape index (κ1) is 14.0. The van der Waals surface area contributed by atoms with Crippen molar-refractivity contribution in [2.75, 3.05) is 6.54 Å². The van der Waals surface area contributed by atoms with Gasteiger partial charge in [0.1, 0.15) is 5.82 Å². The van der Waals surface area contributed by atoms with Crippen LogP contribution in [0.4, 0.5) is 4.39 Å². The Kier molecular flexibility index (Phi) is 4.93. The summed E-state index contributed by atoms with van der Waals surface area (Å²) in [5.74, 6) is -0.296. The van der Waals surface area contributed by atoms with Crippen LogP contribution in [0.5, 0.6) is 0 Å². The zero-order valence-electron chi connectivity index (χ0n) is 10.9. The highest BCUT2D eigenvalue weighted by atomic mass is 35.5. The standard InChI is InChI=1S/C14H17ClFN3/c1-2-7-17-9-11-6-8-18-19(11)10-12-13(15)4-3-5-14(12)16/h3-6,8,17H,2,7,9-10H2,1H3. The highest BCUT2D eigenvalue weighted by molar-refractivity contribution is 6.31. The van der Waals surface area contributed by atoms with E-state index in [9.17, 15) is 4.39 Å². The average molecular weight is 282 g/mol. The molecule has 0 fully saturated rings. The number of hydrogen-bond acceptors (Lipinski definition) is 2. The molecule has 1 N–H and O–H groups in total. The molecule has 3 nitrogen and oxygen atoms in total. The van der Waals surface area contributed by atoms with E-state index in [4.69, 9.17) is 11.6 Å². The van der Waals surface area contributed by atoms with Gasteiger partial charge in [0.05, 0.1) is 12.2 Å². The van der Waals surface area contributed by atoms with Gasteiger partial charge in [-0.1, -0.05) is 24.6 Å². The molecule has 0 amide bonds. The van der Waals surface area contributed by atoms with E-state index in [-0.39, 0.29) is 5.82 Å². The number of rotatable bonds is 6. The van der Waals surface area contributed by atoms with Crippen LogP contribution in [-0.2, 0) is 13.1 Å². The summed E-state index contributed by atoms with van der Waals surface area (Å²) < 4.78 is 15.5. The molecule has 1 aromatic carbocycles. The molecule has 1 aromatic heterocycles. The van der Waals surface area contributed by atoms with Crippen LogP contribution in [0.1, 0.15) is 24.6 Å². The Morgan fingerprint density at radius 2 is 2.21 bits per heavy atom. The molecule has 2 rings (SSSR count). The van der Waals surface area contributed by atoms with Crippen LogP contribution >= 0.6 is 11.6 Å². The van der Waals surface area contributed by atoms with Crippen molar-refractivity contribution in [2.24, 2.45) is 0 Å². The van der Waals surface area contributed by atoms with E-state index in [2.05, 4.69) is 17.3 Å². The number of aromatic nitrogens is 2. The summed E-state index contributed by atoms with van der Waals surface area (Å²) in [6.45, 7) is 4.14. The monoisotopic (exact) mass is 281 g/mol. The van der Waals surface area contributed by atoms with Gasteiger partial charge in [0.25, 0.3) is 0 Å². The van der Waals surface area contributed by atoms with E-state index >= 15 is 0 Å². The van der Waals surface area contributed by atoms with Crippen molar-refractivity contribution >= 4 is 11.6 Å². The maximum Gasteiger partial charge on any atom is 0.129 e. The Bertz CT molecular complexity index is 519. The first-order valence-electron chi connectivity index (χ1n) is 6.36. The second kappa shape index (κ2) is 6.68. The minimum Gasteiger partial charge on any atom is -0.311 e. The molecular formula is C14H17ClFN3. The molecule has 0 aliphatic carbocycles. The smallest absolute Gasteiger partial charge is 0.129 e. The number of benzene rings is 1. The van der Waals surface area contributed by atoms with Crippen LogP contribution in [0.15, 0.2) is 30.5 Å². The van der Waals surface area contributed by atoms with Gasteiger partial charge in [0.15, 0.2) is 0 Å². The van der Waals surface area contributed by atoms with E-state index in [1.54, 1.807) is 23.0 Å². The lowest BCUT2D eigenvalue weighted by atomic mass is 10.2. The average Bonchev–Trinajstić information content (AvgIpc) is 2.82. The van der Waals surface area contributed by atoms with Gasteiger partial charge in [0, 0.05) is 23.3 Å². The van der Waals surface area contributed by atoms with Crippen LogP contribution in [0.3, 0.4) is 0 Å². The van der Waals surface area contributed by atoms with Crippen LogP contribution in [0.25, 0.3) is 0 Å². The van der Waals surface area contributed by atoms with Gasteiger partial charge in [-0.25, -0.2) is 4.39 Å². The van der Waals surface area contributed by atoms with Crippen molar-refractivity contribution in [3.05, 3.63) is 52.6 Å². The Morgan fingerprint density at radius 1 is 1.37 bits per heavy atom. The van der Waals surface area contributed by atoms with Crippen molar-refractivity contribution in [1.29, 1.82) is 0 Å². The van der Waals surface area contributed by atoms with Gasteiger partial charge in [-0.15, -0.1) is 0 Å². The second-order valence-electron chi connectivity index (χ2n) is 4.36. The molecule has 0 spiro atoms. The van der Waals surface area contributed by atoms with Gasteiger partial charge in [0.2, 0.25) is 0 Å². The first-order chi connectivity index (χ1) is 9.22. The Hall–Kier alpha value is -1.39. The normalized spacial score (nSPS) is 10.9. The van der Waals surface area contributed by atoms with Gasteiger partial charge >= 0.3 is 0 Å². The number of hydrogen-bond donors (Lipinski definition) is 1. The highest BCUT2D eigenvalue weighted by Gasteiger charge is 2.10. The summed E-state index contributed by atoms with van der Waals surface area (Å²) in [6.07, 6.45) is 2.80. The highest BCUT2D eigenvalue weighted by Crippen LogP contribution is 2.20. The van der Waals surface area contributed by atoms with Crippen molar-refractivity contribution in [1.82, 2.24) is 15.1 Å².